The Morgan fingerprint density at radius 2 is 1.67 bits per heavy atom. The SMILES string of the molecule is COc1c(C(=O)Nc2c(Br)cc(C(I)(C(F)(F)F)C(F)(F)I)cc2OC(F)F)cccc1N(C)C(=O)c1ccncc1. The number of nitrogens with one attached hydrogen (secondary N) is 1. The fourth-order valence-electron chi connectivity index (χ4n) is 3.74. The first-order chi connectivity index (χ1) is 19.4. The van der Waals surface area contributed by atoms with Crippen LogP contribution in [0.2, 0.25) is 0 Å². The van der Waals surface area contributed by atoms with Crippen LogP contribution in [-0.4, -0.2) is 47.7 Å². The number of hydrogen-bond acceptors (Lipinski definition) is 5. The van der Waals surface area contributed by atoms with E-state index in [4.69, 9.17) is 4.74 Å². The Kier molecular flexibility index (Phi) is 10.6. The minimum atomic E-state index is -5.53. The van der Waals surface area contributed by atoms with Crippen LogP contribution in [0, 0.1) is 0 Å². The minimum Gasteiger partial charge on any atom is -0.494 e. The summed E-state index contributed by atoms with van der Waals surface area (Å²) in [6.07, 6.45) is -2.72. The zero-order valence-corrected chi connectivity index (χ0v) is 27.0. The predicted octanol–water partition coefficient (Wildman–Crippen LogP) is 8.20. The number of hydrogen-bond donors (Lipinski definition) is 1. The molecule has 3 aromatic rings. The molecule has 0 saturated carbocycles. The van der Waals surface area contributed by atoms with Crippen molar-refractivity contribution in [1.29, 1.82) is 0 Å². The molecular formula is C25H17BrF7I2N3O4. The van der Waals surface area contributed by atoms with Gasteiger partial charge < -0.3 is 19.7 Å². The number of carbonyl (C=O) groups is 2. The first kappa shape index (κ1) is 34.1. The van der Waals surface area contributed by atoms with Gasteiger partial charge in [-0.3, -0.25) is 14.6 Å². The van der Waals surface area contributed by atoms with Gasteiger partial charge in [0.25, 0.3) is 11.8 Å². The molecule has 2 aromatic carbocycles. The molecule has 0 fully saturated rings. The standard InChI is InChI=1S/C25H17BrF7I2N3O4/c1-38(21(40)12-6-8-36-9-7-12)16-5-3-4-14(19(16)41-2)20(39)37-18-15(26)10-13(11-17(18)42-22(27)28)23(34,24(29,30)31)25(32,33)35/h3-11,22H,1-2H3,(H,37,39). The lowest BCUT2D eigenvalue weighted by Gasteiger charge is -2.35. The molecular weight excluding hydrogens is 873 g/mol. The van der Waals surface area contributed by atoms with Crippen molar-refractivity contribution in [2.45, 2.75) is 20.1 Å². The first-order valence-electron chi connectivity index (χ1n) is 11.2. The lowest BCUT2D eigenvalue weighted by molar-refractivity contribution is -0.189. The maximum Gasteiger partial charge on any atom is 0.413 e. The molecule has 0 aliphatic heterocycles. The fourth-order valence-corrected chi connectivity index (χ4v) is 5.21. The van der Waals surface area contributed by atoms with Crippen LogP contribution in [0.5, 0.6) is 11.5 Å². The quantitative estimate of drug-likeness (QED) is 0.133. The third-order valence-corrected chi connectivity index (χ3v) is 10.1. The van der Waals surface area contributed by atoms with Crippen LogP contribution in [0.25, 0.3) is 0 Å². The van der Waals surface area contributed by atoms with Crippen molar-refractivity contribution in [3.05, 3.63) is 76.0 Å². The summed E-state index contributed by atoms with van der Waals surface area (Å²) in [6, 6.07) is 8.04. The van der Waals surface area contributed by atoms with Gasteiger partial charge in [0.05, 0.1) is 24.0 Å². The van der Waals surface area contributed by atoms with Crippen molar-refractivity contribution in [2.75, 3.05) is 24.4 Å². The number of methoxy groups -OCH3 is 1. The average molecular weight is 890 g/mol. The number of para-hydroxylation sites is 1. The number of anilines is 2. The monoisotopic (exact) mass is 889 g/mol. The van der Waals surface area contributed by atoms with Crippen LogP contribution >= 0.6 is 61.1 Å². The molecule has 0 saturated heterocycles. The number of benzene rings is 2. The Morgan fingerprint density at radius 3 is 2.19 bits per heavy atom. The van der Waals surface area contributed by atoms with Crippen molar-refractivity contribution in [1.82, 2.24) is 4.98 Å². The van der Waals surface area contributed by atoms with E-state index in [1.165, 1.54) is 61.8 Å². The number of halogens is 10. The summed E-state index contributed by atoms with van der Waals surface area (Å²) >= 11 is 3.71. The van der Waals surface area contributed by atoms with Crippen LogP contribution in [0.1, 0.15) is 26.3 Å². The van der Waals surface area contributed by atoms with E-state index in [9.17, 15) is 40.3 Å². The van der Waals surface area contributed by atoms with Crippen molar-refractivity contribution in [3.8, 4) is 11.5 Å². The highest BCUT2D eigenvalue weighted by molar-refractivity contribution is 14.1. The largest absolute Gasteiger partial charge is 0.494 e. The highest BCUT2D eigenvalue weighted by Crippen LogP contribution is 2.60. The summed E-state index contributed by atoms with van der Waals surface area (Å²) < 4.78 is 97.8. The number of aromatic nitrogens is 1. The van der Waals surface area contributed by atoms with Gasteiger partial charge in [-0.25, -0.2) is 0 Å². The normalized spacial score (nSPS) is 13.4. The second kappa shape index (κ2) is 13.1. The van der Waals surface area contributed by atoms with E-state index in [-0.39, 0.29) is 22.6 Å². The second-order valence-corrected chi connectivity index (χ2v) is 12.1. The molecule has 42 heavy (non-hydrogen) atoms. The van der Waals surface area contributed by atoms with Gasteiger partial charge in [-0.15, -0.1) is 0 Å². The molecule has 0 aliphatic carbocycles. The molecule has 0 radical (unpaired) electrons. The van der Waals surface area contributed by atoms with E-state index < -0.39 is 53.4 Å². The summed E-state index contributed by atoms with van der Waals surface area (Å²) in [5, 5.41) is 2.25. The smallest absolute Gasteiger partial charge is 0.413 e. The van der Waals surface area contributed by atoms with Gasteiger partial charge in [0, 0.05) is 52.1 Å². The Morgan fingerprint density at radius 1 is 1.05 bits per heavy atom. The minimum absolute atomic E-state index is 0.114. The zero-order valence-electron chi connectivity index (χ0n) is 21.1. The van der Waals surface area contributed by atoms with E-state index in [0.29, 0.717) is 57.3 Å². The molecule has 1 atom stereocenters. The highest BCUT2D eigenvalue weighted by Gasteiger charge is 2.68. The fraction of sp³-hybridized carbons (Fsp3) is 0.240. The van der Waals surface area contributed by atoms with Crippen LogP contribution < -0.4 is 19.7 Å². The molecule has 1 N–H and O–H groups in total. The topological polar surface area (TPSA) is 80.8 Å². The maximum atomic E-state index is 14.3. The number of alkyl halides is 9. The van der Waals surface area contributed by atoms with Gasteiger partial charge in [-0.2, -0.15) is 30.7 Å². The average Bonchev–Trinajstić information content (AvgIpc) is 2.91. The van der Waals surface area contributed by atoms with Gasteiger partial charge in [0.2, 0.25) is 3.42 Å². The molecule has 0 bridgehead atoms. The molecule has 0 aliphatic rings. The van der Waals surface area contributed by atoms with E-state index in [2.05, 4.69) is 31.0 Å². The van der Waals surface area contributed by atoms with Gasteiger partial charge in [-0.05, 0) is 57.9 Å². The van der Waals surface area contributed by atoms with Crippen LogP contribution in [0.4, 0.5) is 42.1 Å². The Balaban J connectivity index is 2.09. The van der Waals surface area contributed by atoms with E-state index in [1.807, 2.05) is 0 Å². The van der Waals surface area contributed by atoms with Gasteiger partial charge in [-0.1, -0.05) is 28.7 Å². The van der Waals surface area contributed by atoms with Crippen molar-refractivity contribution < 1.29 is 49.8 Å². The second-order valence-electron chi connectivity index (χ2n) is 8.28. The molecule has 1 heterocycles. The van der Waals surface area contributed by atoms with Crippen molar-refractivity contribution >= 4 is 84.3 Å². The number of pyridine rings is 1. The molecule has 7 nitrogen and oxygen atoms in total. The Bertz CT molecular complexity index is 1460. The van der Waals surface area contributed by atoms with Gasteiger partial charge >= 0.3 is 16.7 Å². The van der Waals surface area contributed by atoms with Gasteiger partial charge in [0.1, 0.15) is 0 Å². The van der Waals surface area contributed by atoms with Crippen molar-refractivity contribution in [2.24, 2.45) is 0 Å². The molecule has 226 valence electrons. The van der Waals surface area contributed by atoms with Crippen LogP contribution in [0.15, 0.2) is 59.3 Å². The predicted molar refractivity (Wildman–Crippen MR) is 159 cm³/mol. The summed E-state index contributed by atoms with van der Waals surface area (Å²) in [5.74, 6) is -2.63. The van der Waals surface area contributed by atoms with E-state index in [0.717, 1.165) is 0 Å². The number of nitrogens with zero attached hydrogens (tertiary/aromatic N) is 2. The molecule has 0 spiro atoms. The number of ether oxygens (including phenoxy) is 2. The molecule has 1 aromatic heterocycles. The number of amides is 2. The summed E-state index contributed by atoms with van der Waals surface area (Å²) in [7, 11) is 2.61. The van der Waals surface area contributed by atoms with Crippen molar-refractivity contribution in [3.63, 3.8) is 0 Å². The molecule has 2 amide bonds. The van der Waals surface area contributed by atoms with E-state index >= 15 is 0 Å². The Hall–Kier alpha value is -2.42. The maximum absolute atomic E-state index is 14.3. The summed E-state index contributed by atoms with van der Waals surface area (Å²) in [5.41, 5.74) is -1.50. The third kappa shape index (κ3) is 6.87. The molecule has 3 rings (SSSR count). The van der Waals surface area contributed by atoms with Gasteiger partial charge in [0.15, 0.2) is 11.5 Å². The zero-order chi connectivity index (χ0) is 31.6. The third-order valence-electron chi connectivity index (χ3n) is 5.72. The summed E-state index contributed by atoms with van der Waals surface area (Å²) in [4.78, 5) is 31.3. The first-order valence-corrected chi connectivity index (χ1v) is 14.2. The number of rotatable bonds is 9. The molecule has 1 unspecified atom stereocenters. The summed E-state index contributed by atoms with van der Waals surface area (Å²) in [6.45, 7) is -3.59. The highest BCUT2D eigenvalue weighted by atomic mass is 127. The van der Waals surface area contributed by atoms with Crippen LogP contribution in [0.3, 0.4) is 0 Å². The lowest BCUT2D eigenvalue weighted by atomic mass is 9.97. The lowest BCUT2D eigenvalue weighted by Crippen LogP contribution is -2.48. The van der Waals surface area contributed by atoms with Crippen LogP contribution in [-0.2, 0) is 3.42 Å². The van der Waals surface area contributed by atoms with E-state index in [1.54, 1.807) is 0 Å². The number of carbonyl (C=O) groups excluding carboxylic acids is 2. The molecule has 17 heteroatoms. The Labute approximate surface area is 269 Å².